The molecule has 7 aliphatic rings. The molecular weight excluding hydrogens is 294 g/mol. The van der Waals surface area contributed by atoms with Gasteiger partial charge in [0.1, 0.15) is 5.78 Å². The topological polar surface area (TPSA) is 48.0 Å². The van der Waals surface area contributed by atoms with Gasteiger partial charge in [-0.05, 0) is 43.9 Å². The van der Waals surface area contributed by atoms with Gasteiger partial charge in [0.2, 0.25) is 0 Å². The fraction of sp³-hybridized carbons (Fsp3) is 0.944. The van der Waals surface area contributed by atoms with Gasteiger partial charge in [0.15, 0.2) is 5.79 Å². The first-order valence-electron chi connectivity index (χ1n) is 9.43. The third-order valence-corrected chi connectivity index (χ3v) is 8.09. The van der Waals surface area contributed by atoms with Crippen LogP contribution in [0.4, 0.5) is 0 Å². The van der Waals surface area contributed by atoms with Gasteiger partial charge in [-0.2, -0.15) is 5.06 Å². The van der Waals surface area contributed by atoms with Crippen LogP contribution in [-0.2, 0) is 19.1 Å². The second kappa shape index (κ2) is 4.18. The Morgan fingerprint density at radius 1 is 1.13 bits per heavy atom. The molecule has 2 spiro atoms. The minimum Gasteiger partial charge on any atom is -0.347 e. The van der Waals surface area contributed by atoms with Gasteiger partial charge in [0.25, 0.3) is 0 Å². The number of rotatable bonds is 0. The Morgan fingerprint density at radius 3 is 2.87 bits per heavy atom. The number of carbonyl (C=O) groups excluding carboxylic acids is 1. The molecule has 0 aromatic rings. The molecule has 23 heavy (non-hydrogen) atoms. The second-order valence-electron chi connectivity index (χ2n) is 8.64. The third-order valence-electron chi connectivity index (χ3n) is 8.09. The standard InChI is InChI=1S/C18H25NO4/c20-14-9-13-8-12-10-16(14)15-2-5-19(23-15)4-1-3-17(13,16)18(11-12)21-6-7-22-18/h12-13,15H,1-11H2/t12-,13+,15-,16-,17+/m1/s1. The molecule has 0 N–H and O–H groups in total. The van der Waals surface area contributed by atoms with Crippen LogP contribution < -0.4 is 0 Å². The van der Waals surface area contributed by atoms with Crippen LogP contribution in [0.2, 0.25) is 0 Å². The summed E-state index contributed by atoms with van der Waals surface area (Å²) in [5.41, 5.74) is -0.484. The highest BCUT2D eigenvalue weighted by Crippen LogP contribution is 2.77. The first-order chi connectivity index (χ1) is 11.2. The molecule has 4 saturated carbocycles. The number of ketones is 1. The lowest BCUT2D eigenvalue weighted by atomic mass is 9.41. The summed E-state index contributed by atoms with van der Waals surface area (Å²) in [5.74, 6) is 0.954. The van der Waals surface area contributed by atoms with E-state index in [0.29, 0.717) is 30.8 Å². The van der Waals surface area contributed by atoms with Crippen molar-refractivity contribution in [2.45, 2.75) is 56.8 Å². The predicted octanol–water partition coefficient (Wildman–Crippen LogP) is 1.90. The zero-order chi connectivity index (χ0) is 15.3. The zero-order valence-electron chi connectivity index (χ0n) is 13.6. The minimum absolute atomic E-state index is 0.0491. The van der Waals surface area contributed by atoms with Crippen molar-refractivity contribution in [1.82, 2.24) is 5.06 Å². The van der Waals surface area contributed by atoms with Crippen LogP contribution in [0.3, 0.4) is 0 Å². The summed E-state index contributed by atoms with van der Waals surface area (Å²) in [6.07, 6.45) is 7.11. The van der Waals surface area contributed by atoms with Gasteiger partial charge in [0, 0.05) is 31.3 Å². The van der Waals surface area contributed by atoms with E-state index >= 15 is 0 Å². The molecule has 4 aliphatic carbocycles. The van der Waals surface area contributed by atoms with Gasteiger partial charge in [0.05, 0.1) is 24.7 Å². The van der Waals surface area contributed by atoms with Crippen molar-refractivity contribution < 1.29 is 19.1 Å². The van der Waals surface area contributed by atoms with Crippen LogP contribution in [0.5, 0.6) is 0 Å². The largest absolute Gasteiger partial charge is 0.347 e. The van der Waals surface area contributed by atoms with E-state index in [1.807, 2.05) is 0 Å². The maximum Gasteiger partial charge on any atom is 0.175 e. The molecule has 6 atom stereocenters. The fourth-order valence-corrected chi connectivity index (χ4v) is 7.71. The van der Waals surface area contributed by atoms with Crippen molar-refractivity contribution in [3.63, 3.8) is 0 Å². The first-order valence-corrected chi connectivity index (χ1v) is 9.43. The van der Waals surface area contributed by atoms with Crippen molar-refractivity contribution in [3.05, 3.63) is 0 Å². The van der Waals surface area contributed by atoms with Crippen LogP contribution in [-0.4, -0.2) is 49.0 Å². The van der Waals surface area contributed by atoms with E-state index in [1.54, 1.807) is 0 Å². The Bertz CT molecular complexity index is 573. The van der Waals surface area contributed by atoms with Gasteiger partial charge in [-0.15, -0.1) is 0 Å². The Kier molecular flexibility index (Phi) is 2.50. The number of Topliss-reactive ketones (excluding diaryl/α,β-unsaturated/α-hetero) is 1. The molecule has 0 aromatic carbocycles. The van der Waals surface area contributed by atoms with Gasteiger partial charge in [-0.1, -0.05) is 0 Å². The summed E-state index contributed by atoms with van der Waals surface area (Å²) < 4.78 is 12.7. The highest BCUT2D eigenvalue weighted by atomic mass is 16.7. The average Bonchev–Trinajstić information content (AvgIpc) is 3.19. The Hall–Kier alpha value is -0.490. The molecule has 6 bridgehead atoms. The maximum atomic E-state index is 13.4. The number of hydrogen-bond donors (Lipinski definition) is 0. The van der Waals surface area contributed by atoms with Crippen molar-refractivity contribution >= 4 is 5.78 Å². The molecule has 0 aromatic heterocycles. The molecule has 3 heterocycles. The van der Waals surface area contributed by atoms with Crippen molar-refractivity contribution in [2.24, 2.45) is 22.7 Å². The molecule has 1 unspecified atom stereocenters. The number of nitrogens with zero attached hydrogens (tertiary/aromatic N) is 1. The van der Waals surface area contributed by atoms with Crippen molar-refractivity contribution in [3.8, 4) is 0 Å². The number of ether oxygens (including phenoxy) is 2. The molecule has 126 valence electrons. The van der Waals surface area contributed by atoms with Crippen LogP contribution in [0.15, 0.2) is 0 Å². The highest BCUT2D eigenvalue weighted by molar-refractivity contribution is 5.90. The number of carbonyl (C=O) groups is 1. The van der Waals surface area contributed by atoms with E-state index in [9.17, 15) is 4.79 Å². The molecule has 5 heteroatoms. The number of hydroxylamine groups is 2. The Morgan fingerprint density at radius 2 is 2.00 bits per heavy atom. The molecule has 0 amide bonds. The van der Waals surface area contributed by atoms with Gasteiger partial charge < -0.3 is 9.47 Å². The van der Waals surface area contributed by atoms with Gasteiger partial charge in [-0.3, -0.25) is 9.63 Å². The van der Waals surface area contributed by atoms with E-state index < -0.39 is 5.79 Å². The van der Waals surface area contributed by atoms with E-state index in [1.165, 1.54) is 6.42 Å². The number of hydrogen-bond acceptors (Lipinski definition) is 5. The van der Waals surface area contributed by atoms with Crippen LogP contribution >= 0.6 is 0 Å². The van der Waals surface area contributed by atoms with E-state index in [2.05, 4.69) is 5.06 Å². The summed E-state index contributed by atoms with van der Waals surface area (Å²) in [4.78, 5) is 19.7. The molecule has 7 rings (SSSR count). The lowest BCUT2D eigenvalue weighted by molar-refractivity contribution is -0.356. The van der Waals surface area contributed by atoms with Gasteiger partial charge >= 0.3 is 0 Å². The van der Waals surface area contributed by atoms with Crippen LogP contribution in [0.1, 0.15) is 44.9 Å². The molecule has 7 fully saturated rings. The minimum atomic E-state index is -0.501. The molecule has 0 radical (unpaired) electrons. The predicted molar refractivity (Wildman–Crippen MR) is 80.3 cm³/mol. The fourth-order valence-electron chi connectivity index (χ4n) is 7.71. The highest BCUT2D eigenvalue weighted by Gasteiger charge is 2.82. The van der Waals surface area contributed by atoms with Crippen molar-refractivity contribution in [2.75, 3.05) is 26.3 Å². The lowest BCUT2D eigenvalue weighted by Crippen LogP contribution is -2.71. The smallest absolute Gasteiger partial charge is 0.175 e. The summed E-state index contributed by atoms with van der Waals surface area (Å²) in [6.45, 7) is 3.32. The second-order valence-corrected chi connectivity index (χ2v) is 8.64. The third kappa shape index (κ3) is 1.33. The SMILES string of the molecule is O=C1C[C@@H]2C[C@H]3CC4(OCCO4)[C@@]24CCCN2CC[C@@H](O2)[C@@]14C3. The normalized spacial score (nSPS) is 55.9. The first kappa shape index (κ1) is 13.8. The number of fused-ring (bicyclic) bond motifs is 2. The van der Waals surface area contributed by atoms with Crippen LogP contribution in [0.25, 0.3) is 0 Å². The average molecular weight is 319 g/mol. The van der Waals surface area contributed by atoms with E-state index in [4.69, 9.17) is 14.3 Å². The van der Waals surface area contributed by atoms with E-state index in [0.717, 1.165) is 51.6 Å². The zero-order valence-corrected chi connectivity index (χ0v) is 13.6. The molecule has 5 nitrogen and oxygen atoms in total. The summed E-state index contributed by atoms with van der Waals surface area (Å²) in [6, 6.07) is 0. The molecule has 3 aliphatic heterocycles. The summed E-state index contributed by atoms with van der Waals surface area (Å²) in [5, 5.41) is 2.11. The quantitative estimate of drug-likeness (QED) is 0.682. The van der Waals surface area contributed by atoms with E-state index in [-0.39, 0.29) is 16.9 Å². The monoisotopic (exact) mass is 319 g/mol. The Labute approximate surface area is 136 Å². The maximum absolute atomic E-state index is 13.4. The lowest BCUT2D eigenvalue weighted by Gasteiger charge is -2.66. The molecular formula is C18H25NO4. The summed E-state index contributed by atoms with van der Waals surface area (Å²) in [7, 11) is 0. The Balaban J connectivity index is 1.60. The van der Waals surface area contributed by atoms with Gasteiger partial charge in [-0.25, -0.2) is 0 Å². The van der Waals surface area contributed by atoms with Crippen molar-refractivity contribution in [1.29, 1.82) is 0 Å². The van der Waals surface area contributed by atoms with Crippen LogP contribution in [0, 0.1) is 22.7 Å². The molecule has 3 saturated heterocycles. The summed E-state index contributed by atoms with van der Waals surface area (Å²) >= 11 is 0.